The van der Waals surface area contributed by atoms with Gasteiger partial charge >= 0.3 is 0 Å². The zero-order chi connectivity index (χ0) is 14.1. The van der Waals surface area contributed by atoms with Gasteiger partial charge in [-0.2, -0.15) is 5.10 Å². The van der Waals surface area contributed by atoms with Gasteiger partial charge in [0, 0.05) is 17.8 Å². The SMILES string of the molecule is Cc1ccsc1C(CO)NCc1nc(C2CC2)nn1C. The van der Waals surface area contributed by atoms with Crippen LogP contribution in [-0.4, -0.2) is 26.5 Å². The number of nitrogens with one attached hydrogen (secondary N) is 1. The number of hydrogen-bond acceptors (Lipinski definition) is 5. The molecule has 2 heterocycles. The van der Waals surface area contributed by atoms with Crippen molar-refractivity contribution < 1.29 is 5.11 Å². The number of rotatable bonds is 6. The second-order valence-corrected chi connectivity index (χ2v) is 6.32. The van der Waals surface area contributed by atoms with Gasteiger partial charge in [-0.25, -0.2) is 4.98 Å². The molecule has 1 fully saturated rings. The first-order valence-corrected chi connectivity index (χ1v) is 7.85. The molecule has 20 heavy (non-hydrogen) atoms. The lowest BCUT2D eigenvalue weighted by Gasteiger charge is -2.15. The largest absolute Gasteiger partial charge is 0.394 e. The summed E-state index contributed by atoms with van der Waals surface area (Å²) in [6.07, 6.45) is 2.43. The van der Waals surface area contributed by atoms with Gasteiger partial charge in [-0.1, -0.05) is 0 Å². The Hall–Kier alpha value is -1.24. The molecule has 2 aromatic heterocycles. The molecule has 108 valence electrons. The van der Waals surface area contributed by atoms with Gasteiger partial charge in [-0.05, 0) is 36.8 Å². The Labute approximate surface area is 122 Å². The number of aliphatic hydroxyl groups is 1. The summed E-state index contributed by atoms with van der Waals surface area (Å²) in [7, 11) is 1.93. The third kappa shape index (κ3) is 2.77. The van der Waals surface area contributed by atoms with Crippen LogP contribution in [0.4, 0.5) is 0 Å². The van der Waals surface area contributed by atoms with Crippen molar-refractivity contribution in [3.05, 3.63) is 33.5 Å². The number of nitrogens with zero attached hydrogens (tertiary/aromatic N) is 3. The maximum atomic E-state index is 9.57. The molecule has 1 aliphatic carbocycles. The fourth-order valence-corrected chi connectivity index (χ4v) is 3.30. The summed E-state index contributed by atoms with van der Waals surface area (Å²) in [6.45, 7) is 2.79. The van der Waals surface area contributed by atoms with Gasteiger partial charge in [0.05, 0.1) is 19.2 Å². The molecule has 0 spiro atoms. The maximum Gasteiger partial charge on any atom is 0.154 e. The van der Waals surface area contributed by atoms with Crippen molar-refractivity contribution >= 4 is 11.3 Å². The summed E-state index contributed by atoms with van der Waals surface area (Å²) in [6, 6.07) is 2.05. The van der Waals surface area contributed by atoms with Crippen LogP contribution in [0.5, 0.6) is 0 Å². The highest BCUT2D eigenvalue weighted by Gasteiger charge is 2.28. The minimum absolute atomic E-state index is 0.0314. The van der Waals surface area contributed by atoms with Crippen LogP contribution >= 0.6 is 11.3 Å². The molecular formula is C14H20N4OS. The van der Waals surface area contributed by atoms with Gasteiger partial charge in [0.25, 0.3) is 0 Å². The summed E-state index contributed by atoms with van der Waals surface area (Å²) in [5.41, 5.74) is 1.22. The third-order valence-electron chi connectivity index (χ3n) is 3.72. The van der Waals surface area contributed by atoms with E-state index < -0.39 is 0 Å². The van der Waals surface area contributed by atoms with E-state index >= 15 is 0 Å². The van der Waals surface area contributed by atoms with Gasteiger partial charge in [0.2, 0.25) is 0 Å². The highest BCUT2D eigenvalue weighted by molar-refractivity contribution is 7.10. The van der Waals surface area contributed by atoms with E-state index in [1.165, 1.54) is 23.3 Å². The Balaban J connectivity index is 1.67. The molecule has 0 aliphatic heterocycles. The summed E-state index contributed by atoms with van der Waals surface area (Å²) in [4.78, 5) is 5.78. The highest BCUT2D eigenvalue weighted by atomic mass is 32.1. The quantitative estimate of drug-likeness (QED) is 0.853. The molecule has 1 atom stereocenters. The lowest BCUT2D eigenvalue weighted by molar-refractivity contribution is 0.244. The van der Waals surface area contributed by atoms with E-state index in [2.05, 4.69) is 33.8 Å². The van der Waals surface area contributed by atoms with Crippen LogP contribution in [-0.2, 0) is 13.6 Å². The van der Waals surface area contributed by atoms with Gasteiger partial charge < -0.3 is 10.4 Å². The number of thiophene rings is 1. The van der Waals surface area contributed by atoms with Crippen LogP contribution in [0.1, 0.15) is 46.9 Å². The number of aryl methyl sites for hydroxylation is 2. The van der Waals surface area contributed by atoms with Crippen LogP contribution in [0.25, 0.3) is 0 Å². The molecule has 0 radical (unpaired) electrons. The molecule has 2 N–H and O–H groups in total. The fraction of sp³-hybridized carbons (Fsp3) is 0.571. The molecule has 1 saturated carbocycles. The standard InChI is InChI=1S/C14H20N4OS/c1-9-5-6-20-13(9)11(8-19)15-7-12-16-14(10-3-4-10)17-18(12)2/h5-6,10-11,15,19H,3-4,7-8H2,1-2H3. The van der Waals surface area contributed by atoms with E-state index in [0.29, 0.717) is 12.5 Å². The topological polar surface area (TPSA) is 63.0 Å². The fourth-order valence-electron chi connectivity index (χ4n) is 2.30. The first-order valence-electron chi connectivity index (χ1n) is 6.97. The first-order chi connectivity index (χ1) is 9.69. The second kappa shape index (κ2) is 5.63. The first kappa shape index (κ1) is 13.7. The Bertz CT molecular complexity index is 588. The average molecular weight is 292 g/mol. The Morgan fingerprint density at radius 2 is 2.35 bits per heavy atom. The maximum absolute atomic E-state index is 9.57. The van der Waals surface area contributed by atoms with Crippen molar-refractivity contribution in [3.63, 3.8) is 0 Å². The van der Waals surface area contributed by atoms with Crippen molar-refractivity contribution in [2.75, 3.05) is 6.61 Å². The zero-order valence-corrected chi connectivity index (χ0v) is 12.7. The molecule has 6 heteroatoms. The Morgan fingerprint density at radius 1 is 1.55 bits per heavy atom. The molecule has 1 aliphatic rings. The number of hydrogen-bond donors (Lipinski definition) is 2. The average Bonchev–Trinajstić information content (AvgIpc) is 3.11. The lowest BCUT2D eigenvalue weighted by Crippen LogP contribution is -2.25. The summed E-state index contributed by atoms with van der Waals surface area (Å²) >= 11 is 1.68. The minimum Gasteiger partial charge on any atom is -0.394 e. The van der Waals surface area contributed by atoms with Crippen LogP contribution in [0, 0.1) is 6.92 Å². The van der Waals surface area contributed by atoms with E-state index in [1.54, 1.807) is 11.3 Å². The van der Waals surface area contributed by atoms with Crippen molar-refractivity contribution in [2.24, 2.45) is 7.05 Å². The van der Waals surface area contributed by atoms with E-state index in [9.17, 15) is 5.11 Å². The van der Waals surface area contributed by atoms with Crippen LogP contribution in [0.3, 0.4) is 0 Å². The van der Waals surface area contributed by atoms with E-state index in [1.807, 2.05) is 11.7 Å². The molecule has 5 nitrogen and oxygen atoms in total. The molecule has 1 unspecified atom stereocenters. The van der Waals surface area contributed by atoms with Gasteiger partial charge in [-0.3, -0.25) is 4.68 Å². The van der Waals surface area contributed by atoms with Gasteiger partial charge in [-0.15, -0.1) is 11.3 Å². The number of aromatic nitrogens is 3. The van der Waals surface area contributed by atoms with Gasteiger partial charge in [0.15, 0.2) is 5.82 Å². The van der Waals surface area contributed by atoms with E-state index in [-0.39, 0.29) is 12.6 Å². The zero-order valence-electron chi connectivity index (χ0n) is 11.8. The van der Waals surface area contributed by atoms with Crippen LogP contribution < -0.4 is 5.32 Å². The van der Waals surface area contributed by atoms with Crippen LogP contribution in [0.15, 0.2) is 11.4 Å². The summed E-state index contributed by atoms with van der Waals surface area (Å²) in [5.74, 6) is 2.47. The number of aliphatic hydroxyl groups excluding tert-OH is 1. The van der Waals surface area contributed by atoms with Crippen molar-refractivity contribution in [1.29, 1.82) is 0 Å². The van der Waals surface area contributed by atoms with Crippen LogP contribution in [0.2, 0.25) is 0 Å². The Kier molecular flexibility index (Phi) is 3.87. The molecule has 2 aromatic rings. The molecule has 0 aromatic carbocycles. The summed E-state index contributed by atoms with van der Waals surface area (Å²) in [5, 5.41) is 19.5. The molecule has 0 bridgehead atoms. The normalized spacial score (nSPS) is 16.6. The smallest absolute Gasteiger partial charge is 0.154 e. The predicted molar refractivity (Wildman–Crippen MR) is 78.7 cm³/mol. The lowest BCUT2D eigenvalue weighted by atomic mass is 10.2. The molecule has 0 amide bonds. The molecule has 3 rings (SSSR count). The van der Waals surface area contributed by atoms with Crippen molar-refractivity contribution in [2.45, 2.75) is 38.3 Å². The highest BCUT2D eigenvalue weighted by Crippen LogP contribution is 2.38. The minimum atomic E-state index is -0.0314. The van der Waals surface area contributed by atoms with E-state index in [4.69, 9.17) is 0 Å². The second-order valence-electron chi connectivity index (χ2n) is 5.37. The summed E-state index contributed by atoms with van der Waals surface area (Å²) < 4.78 is 1.84. The monoisotopic (exact) mass is 292 g/mol. The molecule has 0 saturated heterocycles. The molecular weight excluding hydrogens is 272 g/mol. The third-order valence-corrected chi connectivity index (χ3v) is 4.85. The Morgan fingerprint density at radius 3 is 2.95 bits per heavy atom. The van der Waals surface area contributed by atoms with Gasteiger partial charge in [0.1, 0.15) is 5.82 Å². The van der Waals surface area contributed by atoms with Crippen molar-refractivity contribution in [1.82, 2.24) is 20.1 Å². The van der Waals surface area contributed by atoms with E-state index in [0.717, 1.165) is 11.6 Å². The predicted octanol–water partition coefficient (Wildman–Crippen LogP) is 1.89. The van der Waals surface area contributed by atoms with Crippen molar-refractivity contribution in [3.8, 4) is 0 Å².